The molecule has 0 amide bonds. The van der Waals surface area contributed by atoms with Crippen molar-refractivity contribution >= 4 is 24.2 Å². The van der Waals surface area contributed by atoms with E-state index in [1.165, 1.54) is 0 Å². The Morgan fingerprint density at radius 2 is 1.83 bits per heavy atom. The van der Waals surface area contributed by atoms with Gasteiger partial charge in [-0.3, -0.25) is 0 Å². The molecular weight excluding hydrogens is 188 g/mol. The van der Waals surface area contributed by atoms with E-state index < -0.39 is 23.8 Å². The fourth-order valence-electron chi connectivity index (χ4n) is 0.740. The van der Waals surface area contributed by atoms with Gasteiger partial charge < -0.3 is 10.0 Å². The highest BCUT2D eigenvalue weighted by atomic mass is 35.5. The normalized spacial score (nSPS) is 10.1. The predicted molar refractivity (Wildman–Crippen MR) is 41.2 cm³/mol. The lowest BCUT2D eigenvalue weighted by atomic mass is 9.80. The Hall–Kier alpha value is -0.645. The molecule has 64 valence electrons. The summed E-state index contributed by atoms with van der Waals surface area (Å²) in [5.41, 5.74) is -0.254. The minimum atomic E-state index is -1.90. The van der Waals surface area contributed by atoms with Crippen LogP contribution in [0.4, 0.5) is 8.78 Å². The molecule has 0 saturated heterocycles. The molecule has 0 aliphatic heterocycles. The van der Waals surface area contributed by atoms with E-state index in [1.807, 2.05) is 0 Å². The fraction of sp³-hybridized carbons (Fsp3) is 0. The van der Waals surface area contributed by atoms with Crippen LogP contribution in [0.1, 0.15) is 0 Å². The van der Waals surface area contributed by atoms with E-state index in [0.29, 0.717) is 0 Å². The number of halogens is 3. The molecule has 0 radical (unpaired) electrons. The SMILES string of the molecule is OB(O)c1ccc(F)c(F)c1Cl. The third-order valence-electron chi connectivity index (χ3n) is 1.34. The monoisotopic (exact) mass is 192 g/mol. The van der Waals surface area contributed by atoms with Crippen LogP contribution in [-0.2, 0) is 0 Å². The lowest BCUT2D eigenvalue weighted by Crippen LogP contribution is -2.31. The van der Waals surface area contributed by atoms with Crippen molar-refractivity contribution in [1.82, 2.24) is 0 Å². The minimum Gasteiger partial charge on any atom is -0.423 e. The zero-order valence-corrected chi connectivity index (χ0v) is 6.52. The molecule has 0 unspecified atom stereocenters. The van der Waals surface area contributed by atoms with Crippen LogP contribution < -0.4 is 5.46 Å². The molecule has 0 saturated carbocycles. The molecule has 0 spiro atoms. The van der Waals surface area contributed by atoms with Gasteiger partial charge in [-0.25, -0.2) is 8.78 Å². The Balaban J connectivity index is 3.27. The molecule has 0 bridgehead atoms. The van der Waals surface area contributed by atoms with Crippen molar-refractivity contribution < 1.29 is 18.8 Å². The second-order valence-electron chi connectivity index (χ2n) is 2.14. The molecule has 0 aromatic heterocycles. The second kappa shape index (κ2) is 3.39. The minimum absolute atomic E-state index is 0.254. The maximum atomic E-state index is 12.6. The van der Waals surface area contributed by atoms with Crippen LogP contribution in [0.15, 0.2) is 12.1 Å². The molecule has 1 rings (SSSR count). The topological polar surface area (TPSA) is 40.5 Å². The van der Waals surface area contributed by atoms with Crippen LogP contribution in [0.2, 0.25) is 5.02 Å². The third kappa shape index (κ3) is 1.58. The van der Waals surface area contributed by atoms with Gasteiger partial charge >= 0.3 is 7.12 Å². The summed E-state index contributed by atoms with van der Waals surface area (Å²) in [4.78, 5) is 0. The highest BCUT2D eigenvalue weighted by molar-refractivity contribution is 6.62. The molecule has 2 nitrogen and oxygen atoms in total. The molecule has 0 fully saturated rings. The Labute approximate surface area is 72.5 Å². The largest absolute Gasteiger partial charge is 0.490 e. The molecular formula is C6H4BClF2O2. The van der Waals surface area contributed by atoms with E-state index in [2.05, 4.69) is 0 Å². The number of hydrogen-bond acceptors (Lipinski definition) is 2. The van der Waals surface area contributed by atoms with E-state index in [0.717, 1.165) is 12.1 Å². The van der Waals surface area contributed by atoms with Crippen LogP contribution in [0.3, 0.4) is 0 Å². The average Bonchev–Trinajstić information content (AvgIpc) is 2.00. The maximum absolute atomic E-state index is 12.6. The maximum Gasteiger partial charge on any atom is 0.490 e. The van der Waals surface area contributed by atoms with Crippen molar-refractivity contribution in [2.24, 2.45) is 0 Å². The summed E-state index contributed by atoms with van der Waals surface area (Å²) in [7, 11) is -1.90. The molecule has 0 aliphatic rings. The van der Waals surface area contributed by atoms with Gasteiger partial charge in [-0.05, 0) is 6.07 Å². The first-order chi connectivity index (χ1) is 5.54. The van der Waals surface area contributed by atoms with Gasteiger partial charge in [0.2, 0.25) is 0 Å². The summed E-state index contributed by atoms with van der Waals surface area (Å²) >= 11 is 5.26. The molecule has 0 heterocycles. The number of hydrogen-bond donors (Lipinski definition) is 2. The van der Waals surface area contributed by atoms with Crippen LogP contribution in [0, 0.1) is 11.6 Å². The summed E-state index contributed by atoms with van der Waals surface area (Å²) in [5.74, 6) is -2.40. The van der Waals surface area contributed by atoms with Gasteiger partial charge in [-0.15, -0.1) is 0 Å². The van der Waals surface area contributed by atoms with Gasteiger partial charge in [-0.2, -0.15) is 0 Å². The molecule has 0 atom stereocenters. The van der Waals surface area contributed by atoms with Crippen molar-refractivity contribution in [3.8, 4) is 0 Å². The molecule has 0 aliphatic carbocycles. The molecule has 6 heteroatoms. The molecule has 12 heavy (non-hydrogen) atoms. The first kappa shape index (κ1) is 9.44. The van der Waals surface area contributed by atoms with E-state index >= 15 is 0 Å². The van der Waals surface area contributed by atoms with Gasteiger partial charge in [0.15, 0.2) is 11.6 Å². The number of benzene rings is 1. The van der Waals surface area contributed by atoms with E-state index in [-0.39, 0.29) is 5.46 Å². The first-order valence-corrected chi connectivity index (χ1v) is 3.41. The van der Waals surface area contributed by atoms with Crippen LogP contribution in [-0.4, -0.2) is 17.2 Å². The van der Waals surface area contributed by atoms with Crippen molar-refractivity contribution in [3.63, 3.8) is 0 Å². The van der Waals surface area contributed by atoms with Gasteiger partial charge in [0, 0.05) is 5.46 Å². The summed E-state index contributed by atoms with van der Waals surface area (Å²) < 4.78 is 25.0. The summed E-state index contributed by atoms with van der Waals surface area (Å²) in [6, 6.07) is 1.78. The van der Waals surface area contributed by atoms with E-state index in [1.54, 1.807) is 0 Å². The molecule has 2 N–H and O–H groups in total. The van der Waals surface area contributed by atoms with Crippen molar-refractivity contribution in [2.45, 2.75) is 0 Å². The Kier molecular flexibility index (Phi) is 2.67. The van der Waals surface area contributed by atoms with Crippen LogP contribution in [0.25, 0.3) is 0 Å². The van der Waals surface area contributed by atoms with Crippen molar-refractivity contribution in [2.75, 3.05) is 0 Å². The lowest BCUT2D eigenvalue weighted by Gasteiger charge is -2.03. The third-order valence-corrected chi connectivity index (χ3v) is 1.73. The van der Waals surface area contributed by atoms with Crippen LogP contribution in [0.5, 0.6) is 0 Å². The van der Waals surface area contributed by atoms with Gasteiger partial charge in [0.1, 0.15) is 0 Å². The first-order valence-electron chi connectivity index (χ1n) is 3.03. The summed E-state index contributed by atoms with van der Waals surface area (Å²) in [6.45, 7) is 0. The zero-order chi connectivity index (χ0) is 9.30. The van der Waals surface area contributed by atoms with Crippen LogP contribution >= 0.6 is 11.6 Å². The predicted octanol–water partition coefficient (Wildman–Crippen LogP) is 0.298. The Bertz CT molecular complexity index is 306. The second-order valence-corrected chi connectivity index (χ2v) is 2.52. The van der Waals surface area contributed by atoms with Gasteiger partial charge in [0.05, 0.1) is 5.02 Å². The average molecular weight is 192 g/mol. The number of rotatable bonds is 1. The highest BCUT2D eigenvalue weighted by Gasteiger charge is 2.19. The quantitative estimate of drug-likeness (QED) is 0.496. The summed E-state index contributed by atoms with van der Waals surface area (Å²) in [5, 5.41) is 16.6. The Morgan fingerprint density at radius 1 is 1.25 bits per heavy atom. The fourth-order valence-corrected chi connectivity index (χ4v) is 0.991. The molecule has 1 aromatic carbocycles. The summed E-state index contributed by atoms with van der Waals surface area (Å²) in [6.07, 6.45) is 0. The van der Waals surface area contributed by atoms with Gasteiger partial charge in [0.25, 0.3) is 0 Å². The smallest absolute Gasteiger partial charge is 0.423 e. The highest BCUT2D eigenvalue weighted by Crippen LogP contribution is 2.14. The van der Waals surface area contributed by atoms with Gasteiger partial charge in [-0.1, -0.05) is 17.7 Å². The van der Waals surface area contributed by atoms with Crippen molar-refractivity contribution in [1.29, 1.82) is 0 Å². The molecule has 1 aromatic rings. The zero-order valence-electron chi connectivity index (χ0n) is 5.76. The standard InChI is InChI=1S/C6H4BClF2O2/c8-5-3(7(11)12)1-2-4(9)6(5)10/h1-2,11-12H. The van der Waals surface area contributed by atoms with E-state index in [9.17, 15) is 8.78 Å². The Morgan fingerprint density at radius 3 is 2.33 bits per heavy atom. The van der Waals surface area contributed by atoms with E-state index in [4.69, 9.17) is 21.6 Å². The lowest BCUT2D eigenvalue weighted by molar-refractivity contribution is 0.425. The van der Waals surface area contributed by atoms with Crippen molar-refractivity contribution in [3.05, 3.63) is 28.8 Å².